The summed E-state index contributed by atoms with van der Waals surface area (Å²) in [5.74, 6) is 0. The van der Waals surface area contributed by atoms with Crippen LogP contribution in [0.1, 0.15) is 57.2 Å². The van der Waals surface area contributed by atoms with Gasteiger partial charge in [0.25, 0.3) is 0 Å². The normalized spacial score (nSPS) is 19.4. The minimum Gasteiger partial charge on any atom is -0.147 e. The summed E-state index contributed by atoms with van der Waals surface area (Å²) in [7, 11) is 0. The van der Waals surface area contributed by atoms with Crippen LogP contribution in [-0.2, 0) is 21.3 Å². The first-order valence-electron chi connectivity index (χ1n) is 8.79. The van der Waals surface area contributed by atoms with E-state index in [1.807, 2.05) is 0 Å². The van der Waals surface area contributed by atoms with Gasteiger partial charge in [-0.2, -0.15) is 0 Å². The molecule has 0 nitrogen and oxygen atoms in total. The molecule has 0 saturated carbocycles. The Labute approximate surface area is 177 Å². The van der Waals surface area contributed by atoms with Crippen LogP contribution in [0.5, 0.6) is 0 Å². The van der Waals surface area contributed by atoms with Gasteiger partial charge in [0.15, 0.2) is 0 Å². The molecule has 2 aliphatic carbocycles. The molecule has 2 atom stereocenters. The van der Waals surface area contributed by atoms with Gasteiger partial charge in [-0.1, -0.05) is 0 Å². The fourth-order valence-electron chi connectivity index (χ4n) is 4.53. The van der Waals surface area contributed by atoms with E-state index in [1.54, 1.807) is 25.5 Å². The standard InChI is InChI=1S/2C10H9.C3H6.2ClH.Zr/c2*1-8-6-9-4-2-3-5-10(9)7-8;1-3-2;;;/h2*2-7H,1H3;1-2H3;2*1H;. The molecule has 26 heavy (non-hydrogen) atoms. The van der Waals surface area contributed by atoms with Crippen LogP contribution in [0.3, 0.4) is 0 Å². The molecule has 0 saturated heterocycles. The monoisotopic (exact) mass is 462 g/mol. The van der Waals surface area contributed by atoms with Crippen LogP contribution >= 0.6 is 24.8 Å². The molecule has 4 rings (SSSR count). The Morgan fingerprint density at radius 3 is 1.46 bits per heavy atom. The molecule has 0 N–H and O–H groups in total. The van der Waals surface area contributed by atoms with Crippen molar-refractivity contribution in [2.24, 2.45) is 0 Å². The van der Waals surface area contributed by atoms with Crippen molar-refractivity contribution >= 4 is 40.2 Å². The van der Waals surface area contributed by atoms with Gasteiger partial charge in [0, 0.05) is 0 Å². The second-order valence-electron chi connectivity index (χ2n) is 7.36. The Hall–Kier alpha value is -0.747. The fourth-order valence-corrected chi connectivity index (χ4v) is 13.9. The van der Waals surface area contributed by atoms with Crippen LogP contribution < -0.4 is 0 Å². The Kier molecular flexibility index (Phi) is 7.05. The molecule has 0 aliphatic heterocycles. The van der Waals surface area contributed by atoms with Gasteiger partial charge in [0.05, 0.1) is 0 Å². The third-order valence-electron chi connectivity index (χ3n) is 5.49. The van der Waals surface area contributed by atoms with E-state index < -0.39 is 21.3 Å². The van der Waals surface area contributed by atoms with Gasteiger partial charge in [-0.05, 0) is 0 Å². The van der Waals surface area contributed by atoms with Gasteiger partial charge in [0.2, 0.25) is 0 Å². The Morgan fingerprint density at radius 1 is 0.692 bits per heavy atom. The number of halogens is 2. The second kappa shape index (κ2) is 8.51. The minimum atomic E-state index is -1.95. The summed E-state index contributed by atoms with van der Waals surface area (Å²) in [6, 6.07) is 18.1. The number of hydrogen-bond donors (Lipinski definition) is 0. The summed E-state index contributed by atoms with van der Waals surface area (Å²) in [5, 5.41) is 0. The topological polar surface area (TPSA) is 0 Å². The molecule has 0 aromatic heterocycles. The van der Waals surface area contributed by atoms with E-state index >= 15 is 0 Å². The molecule has 136 valence electrons. The Morgan fingerprint density at radius 2 is 1.08 bits per heavy atom. The number of rotatable bonds is 2. The van der Waals surface area contributed by atoms with E-state index in [-0.39, 0.29) is 24.8 Å². The second-order valence-corrected chi connectivity index (χ2v) is 14.9. The van der Waals surface area contributed by atoms with E-state index in [9.17, 15) is 0 Å². The summed E-state index contributed by atoms with van der Waals surface area (Å²) in [5.41, 5.74) is 9.25. The molecule has 2 aromatic rings. The van der Waals surface area contributed by atoms with Crippen molar-refractivity contribution in [3.8, 4) is 0 Å². The maximum Gasteiger partial charge on any atom is -0.147 e. The third kappa shape index (κ3) is 3.51. The van der Waals surface area contributed by atoms with Crippen LogP contribution in [0.15, 0.2) is 59.7 Å². The SMILES string of the molecule is CC1=Cc2ccccc2[CH]1[Zr](=[C](C)C)[CH]1C(C)=Cc2ccccc21.Cl.Cl. The molecule has 0 bridgehead atoms. The Bertz CT molecular complexity index is 848. The van der Waals surface area contributed by atoms with E-state index in [2.05, 4.69) is 88.4 Å². The number of benzene rings is 2. The number of fused-ring (bicyclic) bond motifs is 2. The molecule has 2 unspecified atom stereocenters. The third-order valence-corrected chi connectivity index (χ3v) is 15.2. The predicted octanol–water partition coefficient (Wildman–Crippen LogP) is 6.98. The van der Waals surface area contributed by atoms with Gasteiger partial charge in [-0.25, -0.2) is 0 Å². The average molecular weight is 465 g/mol. The molecule has 2 aromatic carbocycles. The number of hydrogen-bond acceptors (Lipinski definition) is 0. The molecule has 0 fully saturated rings. The van der Waals surface area contributed by atoms with Crippen molar-refractivity contribution in [2.75, 3.05) is 0 Å². The quantitative estimate of drug-likeness (QED) is 0.450. The van der Waals surface area contributed by atoms with Crippen molar-refractivity contribution in [2.45, 2.75) is 34.9 Å². The largest absolute Gasteiger partial charge is 0.147 e. The molecule has 3 heteroatoms. The van der Waals surface area contributed by atoms with Crippen LogP contribution in [0, 0.1) is 0 Å². The van der Waals surface area contributed by atoms with Crippen molar-refractivity contribution in [3.05, 3.63) is 81.9 Å². The van der Waals surface area contributed by atoms with Crippen molar-refractivity contribution in [1.29, 1.82) is 0 Å². The van der Waals surface area contributed by atoms with Crippen molar-refractivity contribution in [3.63, 3.8) is 0 Å². The zero-order valence-corrected chi connectivity index (χ0v) is 19.8. The zero-order valence-electron chi connectivity index (χ0n) is 15.7. The average Bonchev–Trinajstić information content (AvgIpc) is 3.05. The van der Waals surface area contributed by atoms with Crippen molar-refractivity contribution in [1.82, 2.24) is 0 Å². The molecule has 0 amide bonds. The summed E-state index contributed by atoms with van der Waals surface area (Å²) >= 11 is -1.95. The molecule has 0 spiro atoms. The molecule has 2 aliphatic rings. The summed E-state index contributed by atoms with van der Waals surface area (Å²) in [4.78, 5) is 0. The van der Waals surface area contributed by atoms with Crippen LogP contribution in [0.2, 0.25) is 0 Å². The smallest absolute Gasteiger partial charge is 0.147 e. The fraction of sp³-hybridized carbons (Fsp3) is 0.261. The van der Waals surface area contributed by atoms with Crippen LogP contribution in [0.25, 0.3) is 12.2 Å². The molecular formula is C23H26Cl2Zr. The van der Waals surface area contributed by atoms with Gasteiger partial charge >= 0.3 is 154 Å². The predicted molar refractivity (Wildman–Crippen MR) is 117 cm³/mol. The summed E-state index contributed by atoms with van der Waals surface area (Å²) in [6.45, 7) is 9.51. The van der Waals surface area contributed by atoms with E-state index in [4.69, 9.17) is 0 Å². The van der Waals surface area contributed by atoms with Gasteiger partial charge in [-0.15, -0.1) is 24.8 Å². The zero-order chi connectivity index (χ0) is 16.8. The summed E-state index contributed by atoms with van der Waals surface area (Å²) in [6.07, 6.45) is 4.87. The van der Waals surface area contributed by atoms with Crippen LogP contribution in [0.4, 0.5) is 0 Å². The molecule has 0 heterocycles. The van der Waals surface area contributed by atoms with Gasteiger partial charge in [-0.3, -0.25) is 0 Å². The first-order chi connectivity index (χ1) is 11.6. The van der Waals surface area contributed by atoms with Gasteiger partial charge < -0.3 is 0 Å². The first-order valence-corrected chi connectivity index (χ1v) is 12.9. The molecule has 0 radical (unpaired) electrons. The first kappa shape index (κ1) is 21.6. The number of allylic oxidation sites excluding steroid dienone is 2. The van der Waals surface area contributed by atoms with Crippen molar-refractivity contribution < 1.29 is 21.3 Å². The van der Waals surface area contributed by atoms with Crippen LogP contribution in [-0.4, -0.2) is 3.21 Å². The minimum absolute atomic E-state index is 0. The molecular weight excluding hydrogens is 438 g/mol. The van der Waals surface area contributed by atoms with E-state index in [0.717, 1.165) is 0 Å². The maximum absolute atomic E-state index is 2.43. The Balaban J connectivity index is 0.00000121. The van der Waals surface area contributed by atoms with Gasteiger partial charge in [0.1, 0.15) is 0 Å². The van der Waals surface area contributed by atoms with E-state index in [0.29, 0.717) is 7.25 Å². The summed E-state index contributed by atoms with van der Waals surface area (Å²) < 4.78 is 3.10. The maximum atomic E-state index is 2.43. The van der Waals surface area contributed by atoms with E-state index in [1.165, 1.54) is 11.1 Å².